The molecule has 18 heavy (non-hydrogen) atoms. The zero-order chi connectivity index (χ0) is 13.1. The highest BCUT2D eigenvalue weighted by atomic mass is 35.5. The van der Waals surface area contributed by atoms with Crippen LogP contribution in [0.5, 0.6) is 0 Å². The quantitative estimate of drug-likeness (QED) is 0.816. The van der Waals surface area contributed by atoms with Gasteiger partial charge in [0.15, 0.2) is 11.0 Å². The minimum absolute atomic E-state index is 0.0159. The van der Waals surface area contributed by atoms with Gasteiger partial charge in [-0.2, -0.15) is 0 Å². The Morgan fingerprint density at radius 2 is 2.06 bits per heavy atom. The van der Waals surface area contributed by atoms with Crippen LogP contribution in [-0.4, -0.2) is 16.1 Å². The number of anilines is 2. The summed E-state index contributed by atoms with van der Waals surface area (Å²) >= 11 is 5.55. The minimum Gasteiger partial charge on any atom is -0.396 e. The Kier molecular flexibility index (Phi) is 3.38. The maximum atomic E-state index is 13.2. The SMILES string of the molecule is Nc1ccc(C(=O)Nc2ccc(Cl)nn2)cc1F. The number of nitrogens with one attached hydrogen (secondary N) is 1. The maximum Gasteiger partial charge on any atom is 0.256 e. The Morgan fingerprint density at radius 3 is 2.67 bits per heavy atom. The fourth-order valence-electron chi connectivity index (χ4n) is 1.24. The number of amides is 1. The molecular weight excluding hydrogens is 259 g/mol. The van der Waals surface area contributed by atoms with Gasteiger partial charge in [0.05, 0.1) is 5.69 Å². The molecule has 0 radical (unpaired) electrons. The summed E-state index contributed by atoms with van der Waals surface area (Å²) in [6, 6.07) is 6.75. The van der Waals surface area contributed by atoms with Gasteiger partial charge in [0.1, 0.15) is 5.82 Å². The van der Waals surface area contributed by atoms with E-state index >= 15 is 0 Å². The van der Waals surface area contributed by atoms with Crippen LogP contribution >= 0.6 is 11.6 Å². The second-order valence-corrected chi connectivity index (χ2v) is 3.82. The van der Waals surface area contributed by atoms with Crippen LogP contribution < -0.4 is 11.1 Å². The first-order valence-electron chi connectivity index (χ1n) is 4.92. The lowest BCUT2D eigenvalue weighted by atomic mass is 10.2. The normalized spacial score (nSPS) is 10.1. The summed E-state index contributed by atoms with van der Waals surface area (Å²) in [7, 11) is 0. The van der Waals surface area contributed by atoms with Gasteiger partial charge in [-0.05, 0) is 30.3 Å². The van der Waals surface area contributed by atoms with Crippen molar-refractivity contribution < 1.29 is 9.18 Å². The maximum absolute atomic E-state index is 13.2. The molecule has 0 aliphatic carbocycles. The Hall–Kier alpha value is -2.21. The number of nitrogens with two attached hydrogens (primary N) is 1. The second kappa shape index (κ2) is 4.97. The Bertz CT molecular complexity index is 588. The number of rotatable bonds is 2. The molecule has 0 unspecified atom stereocenters. The number of hydrogen-bond acceptors (Lipinski definition) is 4. The van der Waals surface area contributed by atoms with Gasteiger partial charge >= 0.3 is 0 Å². The van der Waals surface area contributed by atoms with Gasteiger partial charge in [-0.15, -0.1) is 10.2 Å². The summed E-state index contributed by atoms with van der Waals surface area (Å²) in [5.74, 6) is -0.933. The number of nitrogen functional groups attached to an aromatic ring is 1. The van der Waals surface area contributed by atoms with Gasteiger partial charge in [-0.25, -0.2) is 4.39 Å². The van der Waals surface area contributed by atoms with Crippen LogP contribution in [0.4, 0.5) is 15.9 Å². The van der Waals surface area contributed by atoms with Crippen molar-refractivity contribution in [1.82, 2.24) is 10.2 Å². The second-order valence-electron chi connectivity index (χ2n) is 3.43. The number of carbonyl (C=O) groups excluding carboxylic acids is 1. The van der Waals surface area contributed by atoms with E-state index in [1.807, 2.05) is 0 Å². The van der Waals surface area contributed by atoms with E-state index in [0.717, 1.165) is 6.07 Å². The fourth-order valence-corrected chi connectivity index (χ4v) is 1.34. The molecule has 0 saturated carbocycles. The molecule has 0 fully saturated rings. The van der Waals surface area contributed by atoms with Crippen molar-refractivity contribution >= 4 is 29.0 Å². The Balaban J connectivity index is 2.16. The molecule has 0 atom stereocenters. The van der Waals surface area contributed by atoms with Crippen LogP contribution in [0.25, 0.3) is 0 Å². The molecule has 7 heteroatoms. The van der Waals surface area contributed by atoms with Crippen LogP contribution in [-0.2, 0) is 0 Å². The molecule has 0 saturated heterocycles. The van der Waals surface area contributed by atoms with Crippen LogP contribution in [0, 0.1) is 5.82 Å². The van der Waals surface area contributed by atoms with E-state index < -0.39 is 11.7 Å². The van der Waals surface area contributed by atoms with Crippen molar-refractivity contribution in [2.45, 2.75) is 0 Å². The molecule has 0 bridgehead atoms. The highest BCUT2D eigenvalue weighted by Gasteiger charge is 2.09. The average Bonchev–Trinajstić information content (AvgIpc) is 2.35. The van der Waals surface area contributed by atoms with Crippen molar-refractivity contribution in [3.05, 3.63) is 46.9 Å². The van der Waals surface area contributed by atoms with E-state index in [0.29, 0.717) is 0 Å². The summed E-state index contributed by atoms with van der Waals surface area (Å²) in [4.78, 5) is 11.7. The van der Waals surface area contributed by atoms with Crippen LogP contribution in [0.2, 0.25) is 5.15 Å². The molecule has 3 N–H and O–H groups in total. The zero-order valence-electron chi connectivity index (χ0n) is 9.02. The van der Waals surface area contributed by atoms with Gasteiger partial charge < -0.3 is 11.1 Å². The van der Waals surface area contributed by atoms with Gasteiger partial charge in [-0.1, -0.05) is 11.6 Å². The van der Waals surface area contributed by atoms with E-state index in [-0.39, 0.29) is 22.2 Å². The highest BCUT2D eigenvalue weighted by Crippen LogP contribution is 2.13. The van der Waals surface area contributed by atoms with Crippen molar-refractivity contribution in [3.63, 3.8) is 0 Å². The standard InChI is InChI=1S/C11H8ClFN4O/c12-9-3-4-10(17-16-9)15-11(18)6-1-2-8(14)7(13)5-6/h1-5H,14H2,(H,15,17,18). The molecule has 0 spiro atoms. The summed E-state index contributed by atoms with van der Waals surface area (Å²) in [5, 5.41) is 9.88. The van der Waals surface area contributed by atoms with Crippen molar-refractivity contribution in [2.75, 3.05) is 11.1 Å². The van der Waals surface area contributed by atoms with E-state index in [1.54, 1.807) is 0 Å². The summed E-state index contributed by atoms with van der Waals surface area (Å²) in [6.07, 6.45) is 0. The number of aromatic nitrogens is 2. The number of carbonyl (C=O) groups is 1. The van der Waals surface area contributed by atoms with E-state index in [4.69, 9.17) is 17.3 Å². The molecule has 2 rings (SSSR count). The first-order chi connectivity index (χ1) is 8.56. The lowest BCUT2D eigenvalue weighted by molar-refractivity contribution is 0.102. The third kappa shape index (κ3) is 2.72. The van der Waals surface area contributed by atoms with Crippen LogP contribution in [0.3, 0.4) is 0 Å². The smallest absolute Gasteiger partial charge is 0.256 e. The largest absolute Gasteiger partial charge is 0.396 e. The lowest BCUT2D eigenvalue weighted by Crippen LogP contribution is -2.13. The van der Waals surface area contributed by atoms with Crippen LogP contribution in [0.1, 0.15) is 10.4 Å². The van der Waals surface area contributed by atoms with Crippen molar-refractivity contribution in [3.8, 4) is 0 Å². The van der Waals surface area contributed by atoms with E-state index in [9.17, 15) is 9.18 Å². The van der Waals surface area contributed by atoms with Gasteiger partial charge in [0.2, 0.25) is 0 Å². The molecule has 1 heterocycles. The zero-order valence-corrected chi connectivity index (χ0v) is 9.78. The first kappa shape index (κ1) is 12.3. The van der Waals surface area contributed by atoms with Crippen LogP contribution in [0.15, 0.2) is 30.3 Å². The first-order valence-corrected chi connectivity index (χ1v) is 5.29. The number of hydrogen-bond donors (Lipinski definition) is 2. The number of benzene rings is 1. The Morgan fingerprint density at radius 1 is 1.28 bits per heavy atom. The predicted octanol–water partition coefficient (Wildman–Crippen LogP) is 2.10. The van der Waals surface area contributed by atoms with Crippen molar-refractivity contribution in [1.29, 1.82) is 0 Å². The molecular formula is C11H8ClFN4O. The van der Waals surface area contributed by atoms with Gasteiger partial charge in [0, 0.05) is 5.56 Å². The van der Waals surface area contributed by atoms with Gasteiger partial charge in [0.25, 0.3) is 5.91 Å². The lowest BCUT2D eigenvalue weighted by Gasteiger charge is -2.04. The fraction of sp³-hybridized carbons (Fsp3) is 0. The molecule has 2 aromatic rings. The van der Waals surface area contributed by atoms with Gasteiger partial charge in [-0.3, -0.25) is 4.79 Å². The molecule has 5 nitrogen and oxygen atoms in total. The summed E-state index contributed by atoms with van der Waals surface area (Å²) in [6.45, 7) is 0. The van der Waals surface area contributed by atoms with E-state index in [2.05, 4.69) is 15.5 Å². The minimum atomic E-state index is -0.648. The average molecular weight is 267 g/mol. The monoisotopic (exact) mass is 266 g/mol. The van der Waals surface area contributed by atoms with E-state index in [1.165, 1.54) is 24.3 Å². The third-order valence-corrected chi connectivity index (χ3v) is 2.34. The Labute approximate surface area is 107 Å². The molecule has 92 valence electrons. The summed E-state index contributed by atoms with van der Waals surface area (Å²) in [5.41, 5.74) is 5.44. The predicted molar refractivity (Wildman–Crippen MR) is 65.8 cm³/mol. The molecule has 1 aromatic carbocycles. The topological polar surface area (TPSA) is 80.9 Å². The molecule has 0 aliphatic rings. The number of halogens is 2. The molecule has 1 aromatic heterocycles. The summed E-state index contributed by atoms with van der Waals surface area (Å²) < 4.78 is 13.2. The number of nitrogens with zero attached hydrogens (tertiary/aromatic N) is 2. The third-order valence-electron chi connectivity index (χ3n) is 2.14. The molecule has 1 amide bonds. The molecule has 0 aliphatic heterocycles. The van der Waals surface area contributed by atoms with Crippen molar-refractivity contribution in [2.24, 2.45) is 0 Å². The highest BCUT2D eigenvalue weighted by molar-refractivity contribution is 6.29.